The quantitative estimate of drug-likeness (QED) is 0.647. The van der Waals surface area contributed by atoms with Crippen LogP contribution < -0.4 is 0 Å². The largest absolute Gasteiger partial charge is 0.336 e. The topological polar surface area (TPSA) is 26.8 Å². The fourth-order valence-corrected chi connectivity index (χ4v) is 6.42. The molecule has 0 N–H and O–H groups in total. The lowest BCUT2D eigenvalue weighted by atomic mass is 9.95. The lowest BCUT2D eigenvalue weighted by Crippen LogP contribution is -2.47. The molecule has 1 aliphatic carbocycles. The second-order valence-corrected chi connectivity index (χ2v) is 10.8. The molecular weight excluding hydrogens is 378 g/mol. The Morgan fingerprint density at radius 1 is 1.03 bits per heavy atom. The van der Waals surface area contributed by atoms with E-state index in [1.807, 2.05) is 6.07 Å². The van der Waals surface area contributed by atoms with Crippen LogP contribution >= 0.6 is 11.3 Å². The van der Waals surface area contributed by atoms with Crippen molar-refractivity contribution < 1.29 is 4.79 Å². The molecule has 0 radical (unpaired) electrons. The molecule has 2 aliphatic heterocycles. The van der Waals surface area contributed by atoms with Crippen LogP contribution in [0.4, 0.5) is 0 Å². The van der Waals surface area contributed by atoms with Crippen molar-refractivity contribution in [2.75, 3.05) is 45.8 Å². The van der Waals surface area contributed by atoms with Crippen molar-refractivity contribution in [2.24, 2.45) is 5.92 Å². The fraction of sp³-hybridized carbons (Fsp3) is 0.792. The van der Waals surface area contributed by atoms with Crippen LogP contribution in [0.25, 0.3) is 0 Å². The molecule has 4 rings (SSSR count). The predicted octanol–water partition coefficient (Wildman–Crippen LogP) is 4.64. The first-order valence-corrected chi connectivity index (χ1v) is 12.8. The van der Waals surface area contributed by atoms with Gasteiger partial charge in [0, 0.05) is 37.1 Å². The highest BCUT2D eigenvalue weighted by molar-refractivity contribution is 7.13. The molecule has 3 heterocycles. The number of carbonyl (C=O) groups excluding carboxylic acids is 1. The van der Waals surface area contributed by atoms with E-state index in [4.69, 9.17) is 0 Å². The molecule has 0 spiro atoms. The summed E-state index contributed by atoms with van der Waals surface area (Å²) < 4.78 is 0. The van der Waals surface area contributed by atoms with Crippen molar-refractivity contribution in [1.29, 1.82) is 0 Å². The minimum absolute atomic E-state index is 0.262. The first-order chi connectivity index (χ1) is 14.2. The number of likely N-dealkylation sites (tertiary alicyclic amines) is 2. The molecule has 1 aromatic rings. The molecule has 29 heavy (non-hydrogen) atoms. The second-order valence-electron chi connectivity index (χ2n) is 9.51. The van der Waals surface area contributed by atoms with E-state index in [9.17, 15) is 4.79 Å². The van der Waals surface area contributed by atoms with E-state index in [2.05, 4.69) is 27.7 Å². The van der Waals surface area contributed by atoms with Gasteiger partial charge in [-0.25, -0.2) is 0 Å². The zero-order chi connectivity index (χ0) is 20.1. The summed E-state index contributed by atoms with van der Waals surface area (Å²) in [5.41, 5.74) is 0. The minimum Gasteiger partial charge on any atom is -0.336 e. The van der Waals surface area contributed by atoms with Gasteiger partial charge >= 0.3 is 0 Å². The third-order valence-corrected chi connectivity index (χ3v) is 8.23. The molecule has 5 heteroatoms. The van der Waals surface area contributed by atoms with Crippen LogP contribution in [0, 0.1) is 12.8 Å². The number of thiophene rings is 1. The van der Waals surface area contributed by atoms with Crippen LogP contribution in [0.2, 0.25) is 0 Å². The van der Waals surface area contributed by atoms with Crippen molar-refractivity contribution in [3.8, 4) is 0 Å². The van der Waals surface area contributed by atoms with Gasteiger partial charge in [-0.05, 0) is 83.1 Å². The maximum Gasteiger partial charge on any atom is 0.263 e. The highest BCUT2D eigenvalue weighted by Crippen LogP contribution is 2.29. The molecule has 0 unspecified atom stereocenters. The predicted molar refractivity (Wildman–Crippen MR) is 122 cm³/mol. The summed E-state index contributed by atoms with van der Waals surface area (Å²) in [6, 6.07) is 4.93. The maximum absolute atomic E-state index is 13.3. The summed E-state index contributed by atoms with van der Waals surface area (Å²) >= 11 is 1.65. The van der Waals surface area contributed by atoms with Crippen molar-refractivity contribution in [1.82, 2.24) is 14.7 Å². The number of hydrogen-bond acceptors (Lipinski definition) is 4. The van der Waals surface area contributed by atoms with Crippen molar-refractivity contribution in [2.45, 2.75) is 70.8 Å². The average Bonchev–Trinajstić information content (AvgIpc) is 3.44. The summed E-state index contributed by atoms with van der Waals surface area (Å²) in [4.78, 5) is 23.0. The Balaban J connectivity index is 1.38. The first-order valence-electron chi connectivity index (χ1n) is 12.0. The van der Waals surface area contributed by atoms with E-state index in [0.29, 0.717) is 5.92 Å². The van der Waals surface area contributed by atoms with Crippen molar-refractivity contribution in [3.63, 3.8) is 0 Å². The van der Waals surface area contributed by atoms with Gasteiger partial charge in [0.2, 0.25) is 0 Å². The van der Waals surface area contributed by atoms with E-state index in [1.165, 1.54) is 88.8 Å². The number of aryl methyl sites for hydroxylation is 1. The van der Waals surface area contributed by atoms with Gasteiger partial charge in [0.05, 0.1) is 4.88 Å². The third-order valence-electron chi connectivity index (χ3n) is 7.24. The van der Waals surface area contributed by atoms with Gasteiger partial charge in [-0.3, -0.25) is 4.79 Å². The molecule has 4 nitrogen and oxygen atoms in total. The smallest absolute Gasteiger partial charge is 0.263 e. The Hall–Kier alpha value is -0.910. The number of nitrogens with zero attached hydrogens (tertiary/aromatic N) is 3. The second kappa shape index (κ2) is 10.4. The van der Waals surface area contributed by atoms with Crippen LogP contribution in [0.15, 0.2) is 12.1 Å². The number of piperidine rings is 2. The summed E-state index contributed by atoms with van der Waals surface area (Å²) in [5, 5.41) is 0. The van der Waals surface area contributed by atoms with Crippen LogP contribution in [-0.4, -0.2) is 72.5 Å². The van der Waals surface area contributed by atoms with Gasteiger partial charge < -0.3 is 14.7 Å². The lowest BCUT2D eigenvalue weighted by molar-refractivity contribution is 0.0614. The first kappa shape index (κ1) is 21.3. The molecule has 0 bridgehead atoms. The zero-order valence-electron chi connectivity index (χ0n) is 18.3. The molecule has 3 aliphatic rings. The Bertz CT molecular complexity index is 648. The third kappa shape index (κ3) is 5.83. The van der Waals surface area contributed by atoms with Crippen molar-refractivity contribution in [3.05, 3.63) is 21.9 Å². The molecule has 1 saturated carbocycles. The summed E-state index contributed by atoms with van der Waals surface area (Å²) in [6.07, 6.45) is 12.2. The molecule has 3 fully saturated rings. The average molecular weight is 418 g/mol. The molecule has 0 aromatic carbocycles. The fourth-order valence-electron chi connectivity index (χ4n) is 5.59. The van der Waals surface area contributed by atoms with Crippen LogP contribution in [0.1, 0.15) is 72.3 Å². The molecule has 1 atom stereocenters. The van der Waals surface area contributed by atoms with Crippen LogP contribution in [0.5, 0.6) is 0 Å². The van der Waals surface area contributed by atoms with E-state index in [1.54, 1.807) is 11.3 Å². The normalized spacial score (nSPS) is 24.8. The van der Waals surface area contributed by atoms with E-state index < -0.39 is 0 Å². The highest BCUT2D eigenvalue weighted by atomic mass is 32.1. The van der Waals surface area contributed by atoms with Crippen LogP contribution in [-0.2, 0) is 0 Å². The Morgan fingerprint density at radius 3 is 2.55 bits per heavy atom. The number of hydrogen-bond donors (Lipinski definition) is 0. The molecule has 2 saturated heterocycles. The lowest BCUT2D eigenvalue weighted by Gasteiger charge is -2.39. The zero-order valence-corrected chi connectivity index (χ0v) is 19.1. The summed E-state index contributed by atoms with van der Waals surface area (Å²) in [6.45, 7) is 9.84. The van der Waals surface area contributed by atoms with Gasteiger partial charge in [0.15, 0.2) is 0 Å². The minimum atomic E-state index is 0.262. The number of rotatable bonds is 7. The van der Waals surface area contributed by atoms with Crippen molar-refractivity contribution >= 4 is 17.2 Å². The molecule has 1 amide bonds. The molecule has 1 aromatic heterocycles. The number of carbonyl (C=O) groups is 1. The van der Waals surface area contributed by atoms with Gasteiger partial charge in [0.25, 0.3) is 5.91 Å². The molecular formula is C24H39N3OS. The van der Waals surface area contributed by atoms with E-state index >= 15 is 0 Å². The van der Waals surface area contributed by atoms with Gasteiger partial charge in [0.1, 0.15) is 0 Å². The van der Waals surface area contributed by atoms with Gasteiger partial charge in [-0.2, -0.15) is 0 Å². The monoisotopic (exact) mass is 417 g/mol. The number of amides is 1. The van der Waals surface area contributed by atoms with E-state index in [0.717, 1.165) is 30.6 Å². The summed E-state index contributed by atoms with van der Waals surface area (Å²) in [7, 11) is 0. The Labute approximate surface area is 181 Å². The van der Waals surface area contributed by atoms with Crippen LogP contribution in [0.3, 0.4) is 0 Å². The van der Waals surface area contributed by atoms with Gasteiger partial charge in [-0.15, -0.1) is 11.3 Å². The Kier molecular flexibility index (Phi) is 7.65. The van der Waals surface area contributed by atoms with E-state index in [-0.39, 0.29) is 5.91 Å². The maximum atomic E-state index is 13.3. The summed E-state index contributed by atoms with van der Waals surface area (Å²) in [5.74, 6) is 0.897. The Morgan fingerprint density at radius 2 is 1.83 bits per heavy atom. The molecule has 162 valence electrons. The standard InChI is InChI=1S/C24H39N3OS/c1-20-11-12-23(29-20)24(28)27(17-16-25-13-5-2-6-14-25)19-21-8-7-15-26(18-21)22-9-3-4-10-22/h11-12,21-22H,2-10,13-19H2,1H3/t21-/m1/s1. The van der Waals surface area contributed by atoms with Gasteiger partial charge in [-0.1, -0.05) is 19.3 Å². The highest BCUT2D eigenvalue weighted by Gasteiger charge is 2.30. The SMILES string of the molecule is Cc1ccc(C(=O)N(CCN2CCCCC2)C[C@@H]2CCCN(C3CCCC3)C2)s1.